The molecule has 0 bridgehead atoms. The van der Waals surface area contributed by atoms with Crippen LogP contribution in [0, 0.1) is 13.8 Å². The monoisotopic (exact) mass is 387 g/mol. The number of carboxylic acids is 1. The standard InChI is InChI=1S/C14H11BrClNO3S/c1-6-7(2)21-13(11(6)14(19)20)17-12(18)8-3-4-10(16)9(15)5-8/h3-5H,1-2H3,(H,17,18)(H,19,20). The van der Waals surface area contributed by atoms with Crippen LogP contribution in [0.15, 0.2) is 22.7 Å². The highest BCUT2D eigenvalue weighted by Gasteiger charge is 2.20. The molecule has 7 heteroatoms. The summed E-state index contributed by atoms with van der Waals surface area (Å²) in [4.78, 5) is 24.4. The zero-order valence-corrected chi connectivity index (χ0v) is 14.3. The Morgan fingerprint density at radius 3 is 2.57 bits per heavy atom. The van der Waals surface area contributed by atoms with Crippen LogP contribution in [-0.2, 0) is 0 Å². The number of halogens is 2. The van der Waals surface area contributed by atoms with E-state index in [1.165, 1.54) is 11.3 Å². The number of thiophene rings is 1. The van der Waals surface area contributed by atoms with Gasteiger partial charge in [0.15, 0.2) is 0 Å². The number of hydrogen-bond acceptors (Lipinski definition) is 3. The van der Waals surface area contributed by atoms with E-state index in [1.807, 2.05) is 6.92 Å². The molecule has 4 nitrogen and oxygen atoms in total. The summed E-state index contributed by atoms with van der Waals surface area (Å²) >= 11 is 10.4. The van der Waals surface area contributed by atoms with Crippen molar-refractivity contribution in [3.05, 3.63) is 49.3 Å². The first-order chi connectivity index (χ1) is 9.81. The Morgan fingerprint density at radius 1 is 1.33 bits per heavy atom. The van der Waals surface area contributed by atoms with Gasteiger partial charge >= 0.3 is 5.97 Å². The number of carbonyl (C=O) groups is 2. The molecule has 1 aromatic carbocycles. The Kier molecular flexibility index (Phi) is 4.70. The van der Waals surface area contributed by atoms with Crippen molar-refractivity contribution in [2.45, 2.75) is 13.8 Å². The van der Waals surface area contributed by atoms with Gasteiger partial charge in [0.05, 0.1) is 10.6 Å². The van der Waals surface area contributed by atoms with Gasteiger partial charge in [-0.3, -0.25) is 4.79 Å². The number of anilines is 1. The molecule has 0 atom stereocenters. The second-order valence-electron chi connectivity index (χ2n) is 4.38. The summed E-state index contributed by atoms with van der Waals surface area (Å²) in [6.07, 6.45) is 0. The van der Waals surface area contributed by atoms with Gasteiger partial charge in [0, 0.05) is 14.9 Å². The fourth-order valence-electron chi connectivity index (χ4n) is 1.79. The van der Waals surface area contributed by atoms with E-state index < -0.39 is 5.97 Å². The first-order valence-corrected chi connectivity index (χ1v) is 7.89. The summed E-state index contributed by atoms with van der Waals surface area (Å²) in [5.74, 6) is -1.43. The van der Waals surface area contributed by atoms with Gasteiger partial charge in [-0.2, -0.15) is 0 Å². The second-order valence-corrected chi connectivity index (χ2v) is 6.86. The van der Waals surface area contributed by atoms with Crippen molar-refractivity contribution in [1.29, 1.82) is 0 Å². The lowest BCUT2D eigenvalue weighted by molar-refractivity contribution is 0.0697. The summed E-state index contributed by atoms with van der Waals surface area (Å²) in [7, 11) is 0. The number of aryl methyl sites for hydroxylation is 1. The fraction of sp³-hybridized carbons (Fsp3) is 0.143. The Bertz CT molecular complexity index is 742. The number of benzene rings is 1. The number of carboxylic acid groups (broad SMARTS) is 1. The van der Waals surface area contributed by atoms with Crippen LogP contribution in [-0.4, -0.2) is 17.0 Å². The summed E-state index contributed by atoms with van der Waals surface area (Å²) in [5, 5.41) is 12.7. The third-order valence-electron chi connectivity index (χ3n) is 3.01. The van der Waals surface area contributed by atoms with Gasteiger partial charge in [0.25, 0.3) is 5.91 Å². The lowest BCUT2D eigenvalue weighted by atomic mass is 10.1. The van der Waals surface area contributed by atoms with Crippen LogP contribution in [0.25, 0.3) is 0 Å². The summed E-state index contributed by atoms with van der Waals surface area (Å²) in [6, 6.07) is 4.77. The number of amides is 1. The molecule has 0 aliphatic rings. The van der Waals surface area contributed by atoms with E-state index in [0.29, 0.717) is 25.6 Å². The molecule has 0 radical (unpaired) electrons. The number of carbonyl (C=O) groups excluding carboxylic acids is 1. The van der Waals surface area contributed by atoms with Crippen molar-refractivity contribution in [2.24, 2.45) is 0 Å². The van der Waals surface area contributed by atoms with E-state index in [2.05, 4.69) is 21.2 Å². The summed E-state index contributed by atoms with van der Waals surface area (Å²) in [6.45, 7) is 3.55. The average molecular weight is 389 g/mol. The first-order valence-electron chi connectivity index (χ1n) is 5.91. The smallest absolute Gasteiger partial charge is 0.338 e. The van der Waals surface area contributed by atoms with Crippen LogP contribution < -0.4 is 5.32 Å². The number of nitrogens with one attached hydrogen (secondary N) is 1. The lowest BCUT2D eigenvalue weighted by Gasteiger charge is -2.06. The Hall–Kier alpha value is -1.37. The normalized spacial score (nSPS) is 10.5. The van der Waals surface area contributed by atoms with Crippen LogP contribution in [0.2, 0.25) is 5.02 Å². The maximum Gasteiger partial charge on any atom is 0.338 e. The van der Waals surface area contributed by atoms with Crippen LogP contribution in [0.3, 0.4) is 0 Å². The maximum atomic E-state index is 12.2. The molecule has 110 valence electrons. The molecule has 1 amide bonds. The molecule has 0 saturated heterocycles. The van der Waals surface area contributed by atoms with Crippen molar-refractivity contribution < 1.29 is 14.7 Å². The predicted molar refractivity (Wildman–Crippen MR) is 87.9 cm³/mol. The van der Waals surface area contributed by atoms with E-state index in [1.54, 1.807) is 25.1 Å². The summed E-state index contributed by atoms with van der Waals surface area (Å²) < 4.78 is 0.605. The van der Waals surface area contributed by atoms with Crippen molar-refractivity contribution >= 4 is 55.7 Å². The Balaban J connectivity index is 2.33. The van der Waals surface area contributed by atoms with E-state index in [0.717, 1.165) is 4.88 Å². The molecular weight excluding hydrogens is 378 g/mol. The van der Waals surface area contributed by atoms with Crippen LogP contribution in [0.5, 0.6) is 0 Å². The van der Waals surface area contributed by atoms with Crippen molar-refractivity contribution in [2.75, 3.05) is 5.32 Å². The minimum atomic E-state index is -1.05. The van der Waals surface area contributed by atoms with Gasteiger partial charge in [0.2, 0.25) is 0 Å². The molecule has 0 aliphatic carbocycles. The van der Waals surface area contributed by atoms with Crippen LogP contribution in [0.4, 0.5) is 5.00 Å². The molecule has 2 N–H and O–H groups in total. The molecule has 0 spiro atoms. The maximum absolute atomic E-state index is 12.2. The van der Waals surface area contributed by atoms with E-state index >= 15 is 0 Å². The largest absolute Gasteiger partial charge is 0.478 e. The Labute approximate surface area is 138 Å². The van der Waals surface area contributed by atoms with Gasteiger partial charge in [-0.25, -0.2) is 4.79 Å². The number of rotatable bonds is 3. The minimum absolute atomic E-state index is 0.138. The van der Waals surface area contributed by atoms with Gasteiger partial charge in [-0.15, -0.1) is 11.3 Å². The van der Waals surface area contributed by atoms with Crippen molar-refractivity contribution in [3.63, 3.8) is 0 Å². The molecule has 0 aliphatic heterocycles. The molecule has 2 aromatic rings. The highest BCUT2D eigenvalue weighted by molar-refractivity contribution is 9.10. The lowest BCUT2D eigenvalue weighted by Crippen LogP contribution is -2.13. The van der Waals surface area contributed by atoms with E-state index in [4.69, 9.17) is 11.6 Å². The third-order valence-corrected chi connectivity index (χ3v) is 5.34. The highest BCUT2D eigenvalue weighted by atomic mass is 79.9. The molecule has 0 unspecified atom stereocenters. The minimum Gasteiger partial charge on any atom is -0.478 e. The SMILES string of the molecule is Cc1sc(NC(=O)c2ccc(Cl)c(Br)c2)c(C(=O)O)c1C. The zero-order chi connectivity index (χ0) is 15.7. The average Bonchev–Trinajstić information content (AvgIpc) is 2.68. The number of aromatic carboxylic acids is 1. The topological polar surface area (TPSA) is 66.4 Å². The van der Waals surface area contributed by atoms with Crippen molar-refractivity contribution in [3.8, 4) is 0 Å². The fourth-order valence-corrected chi connectivity index (χ4v) is 3.33. The summed E-state index contributed by atoms with van der Waals surface area (Å²) in [5.41, 5.74) is 1.20. The first kappa shape index (κ1) is 16.0. The Morgan fingerprint density at radius 2 is 2.00 bits per heavy atom. The third kappa shape index (κ3) is 3.28. The van der Waals surface area contributed by atoms with Crippen LogP contribution >= 0.6 is 38.9 Å². The molecule has 0 saturated carbocycles. The molecule has 0 fully saturated rings. The molecule has 2 rings (SSSR count). The second kappa shape index (κ2) is 6.17. The van der Waals surface area contributed by atoms with Gasteiger partial charge in [-0.05, 0) is 53.5 Å². The molecule has 1 heterocycles. The zero-order valence-electron chi connectivity index (χ0n) is 11.2. The highest BCUT2D eigenvalue weighted by Crippen LogP contribution is 2.33. The number of hydrogen-bond donors (Lipinski definition) is 2. The van der Waals surface area contributed by atoms with Gasteiger partial charge in [-0.1, -0.05) is 11.6 Å². The predicted octanol–water partition coefficient (Wildman–Crippen LogP) is 4.73. The molecule has 1 aromatic heterocycles. The van der Waals surface area contributed by atoms with Gasteiger partial charge in [0.1, 0.15) is 5.00 Å². The van der Waals surface area contributed by atoms with E-state index in [9.17, 15) is 14.7 Å². The molecular formula is C14H11BrClNO3S. The van der Waals surface area contributed by atoms with Crippen molar-refractivity contribution in [1.82, 2.24) is 0 Å². The van der Waals surface area contributed by atoms with Gasteiger partial charge < -0.3 is 10.4 Å². The van der Waals surface area contributed by atoms with E-state index in [-0.39, 0.29) is 11.5 Å². The van der Waals surface area contributed by atoms with Crippen LogP contribution in [0.1, 0.15) is 31.2 Å². The molecule has 21 heavy (non-hydrogen) atoms. The quantitative estimate of drug-likeness (QED) is 0.798.